The van der Waals surface area contributed by atoms with E-state index >= 15 is 0 Å². The van der Waals surface area contributed by atoms with Crippen molar-refractivity contribution in [2.45, 2.75) is 19.5 Å². The van der Waals surface area contributed by atoms with E-state index in [1.165, 1.54) is 0 Å². The van der Waals surface area contributed by atoms with Gasteiger partial charge in [0.05, 0.1) is 36.0 Å². The van der Waals surface area contributed by atoms with Gasteiger partial charge in [0.15, 0.2) is 6.19 Å². The molecule has 2 aromatic carbocycles. The fourth-order valence-electron chi connectivity index (χ4n) is 3.80. The smallest absolute Gasteiger partial charge is 0.252 e. The topological polar surface area (TPSA) is 112 Å². The second-order valence-corrected chi connectivity index (χ2v) is 7.13. The van der Waals surface area contributed by atoms with Crippen LogP contribution in [0.1, 0.15) is 38.3 Å². The van der Waals surface area contributed by atoms with Gasteiger partial charge in [-0.25, -0.2) is 0 Å². The molecule has 7 nitrogen and oxygen atoms in total. The molecular formula is C22H18N6O. The van der Waals surface area contributed by atoms with E-state index in [-0.39, 0.29) is 0 Å². The molecule has 4 rings (SSSR count). The van der Waals surface area contributed by atoms with Gasteiger partial charge in [-0.2, -0.15) is 15.6 Å². The number of carbonyl (C=O) groups excluding carboxylic acids is 1. The molecule has 0 fully saturated rings. The third-order valence-electron chi connectivity index (χ3n) is 5.12. The molecule has 1 aromatic heterocycles. The molecule has 0 bridgehead atoms. The first-order valence-electron chi connectivity index (χ1n) is 9.10. The van der Waals surface area contributed by atoms with Gasteiger partial charge >= 0.3 is 0 Å². The van der Waals surface area contributed by atoms with E-state index in [0.29, 0.717) is 36.3 Å². The zero-order valence-electron chi connectivity index (χ0n) is 15.9. The van der Waals surface area contributed by atoms with Crippen LogP contribution < -0.4 is 5.73 Å². The Bertz CT molecular complexity index is 1190. The van der Waals surface area contributed by atoms with Crippen LogP contribution in [-0.2, 0) is 26.6 Å². The molecule has 0 unspecified atom stereocenters. The van der Waals surface area contributed by atoms with Crippen LogP contribution in [0.5, 0.6) is 0 Å². The Labute approximate surface area is 168 Å². The fraction of sp³-hybridized carbons (Fsp3) is 0.182. The number of hydrogen-bond donors (Lipinski definition) is 1. The van der Waals surface area contributed by atoms with Crippen molar-refractivity contribution in [3.8, 4) is 23.4 Å². The zero-order chi connectivity index (χ0) is 20.5. The van der Waals surface area contributed by atoms with E-state index in [9.17, 15) is 10.1 Å². The van der Waals surface area contributed by atoms with Crippen LogP contribution >= 0.6 is 0 Å². The molecule has 0 saturated heterocycles. The summed E-state index contributed by atoms with van der Waals surface area (Å²) in [5, 5.41) is 22.8. The third-order valence-corrected chi connectivity index (χ3v) is 5.12. The molecule has 1 aliphatic heterocycles. The van der Waals surface area contributed by atoms with Crippen molar-refractivity contribution in [2.24, 2.45) is 12.8 Å². The molecule has 2 heterocycles. The largest absolute Gasteiger partial charge is 0.365 e. The normalized spacial score (nSPS) is 12.3. The predicted octanol–water partition coefficient (Wildman–Crippen LogP) is 2.45. The van der Waals surface area contributed by atoms with Crippen LogP contribution in [0, 0.1) is 22.8 Å². The summed E-state index contributed by atoms with van der Waals surface area (Å²) in [5.41, 5.74) is 12.3. The number of fused-ring (bicyclic) bond motifs is 1. The van der Waals surface area contributed by atoms with Gasteiger partial charge in [0.25, 0.3) is 5.91 Å². The Morgan fingerprint density at radius 2 is 1.97 bits per heavy atom. The number of nitrogens with zero attached hydrogens (tertiary/aromatic N) is 5. The molecule has 3 aromatic rings. The number of hydrogen-bond acceptors (Lipinski definition) is 5. The average Bonchev–Trinajstić information content (AvgIpc) is 3.30. The van der Waals surface area contributed by atoms with Gasteiger partial charge in [-0.15, -0.1) is 0 Å². The van der Waals surface area contributed by atoms with Gasteiger partial charge in [-0.05, 0) is 39.9 Å². The van der Waals surface area contributed by atoms with Crippen LogP contribution in [-0.4, -0.2) is 20.6 Å². The molecule has 0 radical (unpaired) electrons. The van der Waals surface area contributed by atoms with E-state index < -0.39 is 5.91 Å². The lowest BCUT2D eigenvalue weighted by Crippen LogP contribution is -2.12. The van der Waals surface area contributed by atoms with Crippen molar-refractivity contribution in [1.82, 2.24) is 14.7 Å². The quantitative estimate of drug-likeness (QED) is 0.697. The van der Waals surface area contributed by atoms with Crippen molar-refractivity contribution in [3.05, 3.63) is 76.1 Å². The summed E-state index contributed by atoms with van der Waals surface area (Å²) in [7, 11) is 1.76. The Hall–Kier alpha value is -4.10. The number of benzene rings is 2. The first-order valence-corrected chi connectivity index (χ1v) is 9.10. The molecule has 0 spiro atoms. The molecule has 1 amide bonds. The van der Waals surface area contributed by atoms with Crippen LogP contribution in [0.25, 0.3) is 11.1 Å². The van der Waals surface area contributed by atoms with Crippen molar-refractivity contribution in [3.63, 3.8) is 0 Å². The number of primary amides is 1. The maximum absolute atomic E-state index is 11.7. The highest BCUT2D eigenvalue weighted by atomic mass is 16.1. The fourth-order valence-corrected chi connectivity index (χ4v) is 3.80. The highest BCUT2D eigenvalue weighted by Gasteiger charge is 2.23. The molecule has 0 saturated carbocycles. The number of rotatable bonds is 4. The Balaban J connectivity index is 1.80. The van der Waals surface area contributed by atoms with Gasteiger partial charge < -0.3 is 10.6 Å². The second-order valence-electron chi connectivity index (χ2n) is 7.13. The summed E-state index contributed by atoms with van der Waals surface area (Å²) < 4.78 is 1.59. The number of nitrogens with two attached hydrogens (primary N) is 1. The summed E-state index contributed by atoms with van der Waals surface area (Å²) in [6.45, 7) is 1.10. The molecule has 29 heavy (non-hydrogen) atoms. The van der Waals surface area contributed by atoms with Gasteiger partial charge in [0, 0.05) is 19.7 Å². The first-order chi connectivity index (χ1) is 14.0. The summed E-state index contributed by atoms with van der Waals surface area (Å²) in [6.07, 6.45) is 4.31. The second kappa shape index (κ2) is 7.14. The van der Waals surface area contributed by atoms with Gasteiger partial charge in [-0.3, -0.25) is 9.48 Å². The molecule has 7 heteroatoms. The van der Waals surface area contributed by atoms with Crippen LogP contribution in [0.15, 0.2) is 42.6 Å². The molecule has 0 aliphatic carbocycles. The minimum atomic E-state index is -0.503. The highest BCUT2D eigenvalue weighted by Crippen LogP contribution is 2.34. The highest BCUT2D eigenvalue weighted by molar-refractivity contribution is 5.93. The van der Waals surface area contributed by atoms with Crippen molar-refractivity contribution >= 4 is 5.91 Å². The van der Waals surface area contributed by atoms with E-state index in [4.69, 9.17) is 11.0 Å². The third kappa shape index (κ3) is 3.42. The summed E-state index contributed by atoms with van der Waals surface area (Å²) in [5.74, 6) is -0.503. The van der Waals surface area contributed by atoms with Crippen molar-refractivity contribution < 1.29 is 4.79 Å². The zero-order valence-corrected chi connectivity index (χ0v) is 15.9. The lowest BCUT2D eigenvalue weighted by molar-refractivity contribution is 0.0999. The monoisotopic (exact) mass is 382 g/mol. The van der Waals surface area contributed by atoms with E-state index in [1.54, 1.807) is 35.0 Å². The SMILES string of the molecule is Cn1cc(C(N)=O)c(Cc2cc3c(c(-c4ccc(C#N)cc4)c2)CN(C#N)C3)n1. The molecular weight excluding hydrogens is 364 g/mol. The van der Waals surface area contributed by atoms with Crippen molar-refractivity contribution in [1.29, 1.82) is 10.5 Å². The number of aryl methyl sites for hydroxylation is 1. The minimum Gasteiger partial charge on any atom is -0.365 e. The maximum atomic E-state index is 11.7. The van der Waals surface area contributed by atoms with Gasteiger partial charge in [0.1, 0.15) is 0 Å². The lowest BCUT2D eigenvalue weighted by atomic mass is 9.92. The Kier molecular flexibility index (Phi) is 4.50. The van der Waals surface area contributed by atoms with Gasteiger partial charge in [-0.1, -0.05) is 24.3 Å². The van der Waals surface area contributed by atoms with E-state index in [2.05, 4.69) is 29.5 Å². The van der Waals surface area contributed by atoms with Crippen LogP contribution in [0.3, 0.4) is 0 Å². The van der Waals surface area contributed by atoms with Crippen LogP contribution in [0.2, 0.25) is 0 Å². The summed E-state index contributed by atoms with van der Waals surface area (Å²) >= 11 is 0. The molecule has 142 valence electrons. The predicted molar refractivity (Wildman–Crippen MR) is 106 cm³/mol. The number of aromatic nitrogens is 2. The Morgan fingerprint density at radius 1 is 1.21 bits per heavy atom. The summed E-state index contributed by atoms with van der Waals surface area (Å²) in [4.78, 5) is 13.4. The van der Waals surface area contributed by atoms with E-state index in [0.717, 1.165) is 27.8 Å². The number of nitriles is 2. The molecule has 1 aliphatic rings. The first kappa shape index (κ1) is 18.3. The van der Waals surface area contributed by atoms with E-state index in [1.807, 2.05) is 12.1 Å². The number of amides is 1. The maximum Gasteiger partial charge on any atom is 0.252 e. The van der Waals surface area contributed by atoms with Crippen LogP contribution in [0.4, 0.5) is 0 Å². The lowest BCUT2D eigenvalue weighted by Gasteiger charge is -2.12. The summed E-state index contributed by atoms with van der Waals surface area (Å²) in [6, 6.07) is 13.7. The van der Waals surface area contributed by atoms with Crippen molar-refractivity contribution in [2.75, 3.05) is 0 Å². The Morgan fingerprint density at radius 3 is 2.62 bits per heavy atom. The average molecular weight is 382 g/mol. The minimum absolute atomic E-state index is 0.409. The number of carbonyl (C=O) groups is 1. The molecule has 2 N–H and O–H groups in total. The standard InChI is InChI=1S/C22H18N6O/c1-27-11-20(22(25)29)21(26-27)8-15-6-17-10-28(13-24)12-19(17)18(7-15)16-4-2-14(9-23)3-5-16/h2-7,11H,8,10,12H2,1H3,(H2,25,29). The van der Waals surface area contributed by atoms with Gasteiger partial charge in [0.2, 0.25) is 0 Å². The molecule has 0 atom stereocenters.